The van der Waals surface area contributed by atoms with Crippen molar-refractivity contribution in [2.75, 3.05) is 20.8 Å². The van der Waals surface area contributed by atoms with Gasteiger partial charge in [-0.1, -0.05) is 11.6 Å². The lowest BCUT2D eigenvalue weighted by Crippen LogP contribution is -2.11. The first-order valence-corrected chi connectivity index (χ1v) is 9.09. The van der Waals surface area contributed by atoms with Gasteiger partial charge in [-0.15, -0.1) is 0 Å². The van der Waals surface area contributed by atoms with Gasteiger partial charge in [0.1, 0.15) is 6.07 Å². The Morgan fingerprint density at radius 3 is 2.52 bits per heavy atom. The molecule has 1 aromatic heterocycles. The molecule has 2 aromatic carbocycles. The molecule has 1 heterocycles. The molecule has 3 rings (SSSR count). The number of nitrogens with one attached hydrogen (secondary N) is 1. The van der Waals surface area contributed by atoms with E-state index in [4.69, 9.17) is 25.8 Å². The zero-order chi connectivity index (χ0) is 21.0. The van der Waals surface area contributed by atoms with Gasteiger partial charge in [0.2, 0.25) is 5.75 Å². The van der Waals surface area contributed by atoms with Gasteiger partial charge < -0.3 is 19.2 Å². The van der Waals surface area contributed by atoms with Crippen molar-refractivity contribution in [3.63, 3.8) is 0 Å². The molecule has 0 saturated carbocycles. The van der Waals surface area contributed by atoms with Crippen molar-refractivity contribution in [1.29, 1.82) is 5.26 Å². The quantitative estimate of drug-likeness (QED) is 0.614. The molecule has 0 atom stereocenters. The van der Waals surface area contributed by atoms with E-state index >= 15 is 0 Å². The number of allylic oxidation sites excluding steroid dienone is 1. The van der Waals surface area contributed by atoms with Crippen LogP contribution in [0.3, 0.4) is 0 Å². The van der Waals surface area contributed by atoms with E-state index < -0.39 is 0 Å². The van der Waals surface area contributed by atoms with Gasteiger partial charge in [-0.05, 0) is 48.9 Å². The number of hydrogen-bond acceptors (Lipinski definition) is 6. The van der Waals surface area contributed by atoms with Crippen LogP contribution in [0.25, 0.3) is 22.6 Å². The second-order valence-electron chi connectivity index (χ2n) is 5.93. The minimum absolute atomic E-state index is 0.138. The summed E-state index contributed by atoms with van der Waals surface area (Å²) in [5.41, 5.74) is 0.828. The van der Waals surface area contributed by atoms with E-state index in [9.17, 15) is 10.1 Å². The normalized spacial score (nSPS) is 11.2. The van der Waals surface area contributed by atoms with Crippen LogP contribution < -0.4 is 19.8 Å². The van der Waals surface area contributed by atoms with Crippen molar-refractivity contribution in [1.82, 2.24) is 9.97 Å². The van der Waals surface area contributed by atoms with Crippen LogP contribution in [0.1, 0.15) is 18.3 Å². The predicted molar refractivity (Wildman–Crippen MR) is 112 cm³/mol. The van der Waals surface area contributed by atoms with Crippen molar-refractivity contribution in [2.45, 2.75) is 6.92 Å². The topological polar surface area (TPSA) is 97.2 Å². The van der Waals surface area contributed by atoms with Gasteiger partial charge in [0, 0.05) is 5.02 Å². The fourth-order valence-electron chi connectivity index (χ4n) is 2.83. The summed E-state index contributed by atoms with van der Waals surface area (Å²) < 4.78 is 16.4. The fraction of sp³-hybridized carbons (Fsp3) is 0.190. The molecule has 0 aliphatic rings. The Morgan fingerprint density at radius 1 is 1.24 bits per heavy atom. The highest BCUT2D eigenvalue weighted by molar-refractivity contribution is 6.31. The summed E-state index contributed by atoms with van der Waals surface area (Å²) in [7, 11) is 3.03. The number of benzene rings is 2. The molecular weight excluding hydrogens is 394 g/mol. The summed E-state index contributed by atoms with van der Waals surface area (Å²) in [6.45, 7) is 2.30. The molecule has 0 amide bonds. The highest BCUT2D eigenvalue weighted by atomic mass is 35.5. The molecule has 3 aromatic rings. The number of aromatic nitrogens is 2. The lowest BCUT2D eigenvalue weighted by Gasteiger charge is -2.14. The molecule has 29 heavy (non-hydrogen) atoms. The maximum atomic E-state index is 12.4. The largest absolute Gasteiger partial charge is 0.493 e. The van der Waals surface area contributed by atoms with Gasteiger partial charge in [-0.3, -0.25) is 4.79 Å². The molecule has 0 aliphatic heterocycles. The third-order valence-electron chi connectivity index (χ3n) is 4.13. The molecule has 0 fully saturated rings. The van der Waals surface area contributed by atoms with E-state index in [2.05, 4.69) is 16.0 Å². The molecule has 0 spiro atoms. The number of nitriles is 1. The van der Waals surface area contributed by atoms with Crippen LogP contribution in [0.15, 0.2) is 35.1 Å². The first kappa shape index (κ1) is 20.2. The van der Waals surface area contributed by atoms with Crippen LogP contribution in [0.2, 0.25) is 5.02 Å². The Labute approximate surface area is 172 Å². The van der Waals surface area contributed by atoms with E-state index in [1.54, 1.807) is 36.4 Å². The summed E-state index contributed by atoms with van der Waals surface area (Å²) in [5, 5.41) is 10.5. The highest BCUT2D eigenvalue weighted by Gasteiger charge is 2.15. The minimum atomic E-state index is -0.357. The first-order chi connectivity index (χ1) is 14.0. The standard InChI is InChI=1S/C21H18ClN3O4/c1-4-29-19-17(27-2)8-12(9-18(19)28-3)7-13(11-23)20-24-16-10-14(22)5-6-15(16)21(26)25-20/h5-10H,4H2,1-3H3,(H,24,25,26)/b13-7-. The summed E-state index contributed by atoms with van der Waals surface area (Å²) in [5.74, 6) is 1.53. The zero-order valence-electron chi connectivity index (χ0n) is 16.1. The lowest BCUT2D eigenvalue weighted by atomic mass is 10.1. The van der Waals surface area contributed by atoms with Gasteiger partial charge in [-0.2, -0.15) is 5.26 Å². The SMILES string of the molecule is CCOc1c(OC)cc(/C=C(/C#N)c2nc3cc(Cl)ccc3c(=O)[nH]2)cc1OC. The van der Waals surface area contributed by atoms with Gasteiger partial charge in [-0.25, -0.2) is 4.98 Å². The maximum Gasteiger partial charge on any atom is 0.259 e. The number of fused-ring (bicyclic) bond motifs is 1. The highest BCUT2D eigenvalue weighted by Crippen LogP contribution is 2.39. The Bertz CT molecular complexity index is 1170. The Hall–Kier alpha value is -3.50. The molecule has 8 heteroatoms. The zero-order valence-corrected chi connectivity index (χ0v) is 16.8. The average molecular weight is 412 g/mol. The molecule has 148 valence electrons. The predicted octanol–water partition coefficient (Wildman–Crippen LogP) is 4.06. The number of rotatable bonds is 6. The third kappa shape index (κ3) is 4.18. The second-order valence-corrected chi connectivity index (χ2v) is 6.37. The molecular formula is C21H18ClN3O4. The minimum Gasteiger partial charge on any atom is -0.493 e. The molecule has 1 N–H and O–H groups in total. The number of methoxy groups -OCH3 is 2. The molecule has 0 aliphatic carbocycles. The molecule has 0 radical (unpaired) electrons. The smallest absolute Gasteiger partial charge is 0.259 e. The summed E-state index contributed by atoms with van der Waals surface area (Å²) in [6, 6.07) is 10.3. The van der Waals surface area contributed by atoms with Crippen molar-refractivity contribution >= 4 is 34.2 Å². The second kappa shape index (κ2) is 8.67. The van der Waals surface area contributed by atoms with E-state index in [1.807, 2.05) is 6.92 Å². The molecule has 0 bridgehead atoms. The van der Waals surface area contributed by atoms with Gasteiger partial charge in [0.15, 0.2) is 17.3 Å². The number of ether oxygens (including phenoxy) is 3. The van der Waals surface area contributed by atoms with Crippen LogP contribution in [-0.4, -0.2) is 30.8 Å². The molecule has 0 unspecified atom stereocenters. The van der Waals surface area contributed by atoms with E-state index in [1.165, 1.54) is 14.2 Å². The molecule has 7 nitrogen and oxygen atoms in total. The Kier molecular flexibility index (Phi) is 6.05. The number of aromatic amines is 1. The Morgan fingerprint density at radius 2 is 1.93 bits per heavy atom. The summed E-state index contributed by atoms with van der Waals surface area (Å²) in [6.07, 6.45) is 1.58. The van der Waals surface area contributed by atoms with Crippen LogP contribution >= 0.6 is 11.6 Å². The molecule has 0 saturated heterocycles. The number of H-pyrrole nitrogens is 1. The number of nitrogens with zero attached hydrogens (tertiary/aromatic N) is 2. The lowest BCUT2D eigenvalue weighted by molar-refractivity contribution is 0.288. The maximum absolute atomic E-state index is 12.4. The van der Waals surface area contributed by atoms with Crippen LogP contribution in [0.5, 0.6) is 17.2 Å². The van der Waals surface area contributed by atoms with E-state index in [0.29, 0.717) is 45.3 Å². The van der Waals surface area contributed by atoms with Gasteiger partial charge >= 0.3 is 0 Å². The number of halogens is 1. The van der Waals surface area contributed by atoms with Gasteiger partial charge in [0.05, 0.1) is 37.3 Å². The third-order valence-corrected chi connectivity index (χ3v) is 4.36. The Balaban J connectivity index is 2.15. The van der Waals surface area contributed by atoms with Crippen molar-refractivity contribution in [2.24, 2.45) is 0 Å². The fourth-order valence-corrected chi connectivity index (χ4v) is 3.00. The summed E-state index contributed by atoms with van der Waals surface area (Å²) >= 11 is 6.00. The van der Waals surface area contributed by atoms with E-state index in [0.717, 1.165) is 0 Å². The van der Waals surface area contributed by atoms with Crippen molar-refractivity contribution in [3.05, 3.63) is 57.1 Å². The van der Waals surface area contributed by atoms with E-state index in [-0.39, 0.29) is 17.0 Å². The van der Waals surface area contributed by atoms with Gasteiger partial charge in [0.25, 0.3) is 5.56 Å². The van der Waals surface area contributed by atoms with Crippen LogP contribution in [-0.2, 0) is 0 Å². The van der Waals surface area contributed by atoms with Crippen LogP contribution in [0.4, 0.5) is 0 Å². The number of hydrogen-bond donors (Lipinski definition) is 1. The van der Waals surface area contributed by atoms with Crippen molar-refractivity contribution in [3.8, 4) is 23.3 Å². The first-order valence-electron chi connectivity index (χ1n) is 8.71. The monoisotopic (exact) mass is 411 g/mol. The summed E-state index contributed by atoms with van der Waals surface area (Å²) in [4.78, 5) is 19.4. The van der Waals surface area contributed by atoms with Crippen molar-refractivity contribution < 1.29 is 14.2 Å². The average Bonchev–Trinajstić information content (AvgIpc) is 2.72. The van der Waals surface area contributed by atoms with Crippen LogP contribution in [0, 0.1) is 11.3 Å².